The van der Waals surface area contributed by atoms with Gasteiger partial charge in [-0.05, 0) is 31.7 Å². The number of likely N-dealkylation sites (tertiary alicyclic amines) is 1. The van der Waals surface area contributed by atoms with E-state index in [9.17, 15) is 9.90 Å². The summed E-state index contributed by atoms with van der Waals surface area (Å²) in [6, 6.07) is 8.46. The number of amides is 1. The third-order valence-electron chi connectivity index (χ3n) is 4.14. The molecule has 1 amide bonds. The first-order valence-electron chi connectivity index (χ1n) is 6.97. The predicted octanol–water partition coefficient (Wildman–Crippen LogP) is 2.16. The molecule has 1 heterocycles. The molecule has 1 N–H and O–H groups in total. The lowest BCUT2D eigenvalue weighted by Gasteiger charge is -2.41. The van der Waals surface area contributed by atoms with Gasteiger partial charge >= 0.3 is 0 Å². The third kappa shape index (κ3) is 3.35. The van der Waals surface area contributed by atoms with Gasteiger partial charge < -0.3 is 10.0 Å². The lowest BCUT2D eigenvalue weighted by atomic mass is 9.75. The molecule has 2 rings (SSSR count). The van der Waals surface area contributed by atoms with Gasteiger partial charge in [-0.3, -0.25) is 4.79 Å². The number of aliphatic hydroxyl groups is 1. The Kier molecular flexibility index (Phi) is 4.25. The number of hydrogen-bond acceptors (Lipinski definition) is 2. The summed E-state index contributed by atoms with van der Waals surface area (Å²) in [5.74, 6) is 0.112. The molecule has 1 saturated heterocycles. The molecule has 0 spiro atoms. The highest BCUT2D eigenvalue weighted by Gasteiger charge is 2.35. The molecule has 1 atom stereocenters. The molecule has 1 aromatic rings. The van der Waals surface area contributed by atoms with Crippen LogP contribution in [0.25, 0.3) is 0 Å². The maximum atomic E-state index is 11.5. The number of rotatable bonds is 3. The number of piperidine rings is 1. The molecule has 3 heteroatoms. The zero-order valence-electron chi connectivity index (χ0n) is 11.9. The Balaban J connectivity index is 2.13. The topological polar surface area (TPSA) is 40.5 Å². The Hall–Kier alpha value is -1.35. The molecule has 3 nitrogen and oxygen atoms in total. The highest BCUT2D eigenvalue weighted by molar-refractivity contribution is 5.73. The Morgan fingerprint density at radius 3 is 2.63 bits per heavy atom. The van der Waals surface area contributed by atoms with Gasteiger partial charge in [0.15, 0.2) is 0 Å². The van der Waals surface area contributed by atoms with Gasteiger partial charge in [0, 0.05) is 25.4 Å². The molecule has 0 saturated carbocycles. The molecule has 1 fully saturated rings. The van der Waals surface area contributed by atoms with E-state index >= 15 is 0 Å². The molecule has 104 valence electrons. The average Bonchev–Trinajstić information content (AvgIpc) is 2.42. The maximum absolute atomic E-state index is 11.5. The Morgan fingerprint density at radius 2 is 2.05 bits per heavy atom. The molecular formula is C16H23NO2. The van der Waals surface area contributed by atoms with Crippen LogP contribution < -0.4 is 0 Å². The van der Waals surface area contributed by atoms with E-state index in [0.29, 0.717) is 6.54 Å². The monoisotopic (exact) mass is 261 g/mol. The van der Waals surface area contributed by atoms with E-state index in [1.54, 1.807) is 6.92 Å². The lowest BCUT2D eigenvalue weighted by Crippen LogP contribution is -2.48. The second kappa shape index (κ2) is 5.74. The van der Waals surface area contributed by atoms with Crippen LogP contribution in [0, 0.1) is 12.3 Å². The molecule has 1 unspecified atom stereocenters. The fourth-order valence-electron chi connectivity index (χ4n) is 2.94. The standard InChI is InChI=1S/C16H23NO2/c1-13-4-6-15(7-5-13)10-16(12-18)8-3-9-17(11-16)14(2)19/h4-7,18H,3,8-12H2,1-2H3. The Bertz CT molecular complexity index is 441. The van der Waals surface area contributed by atoms with Crippen molar-refractivity contribution in [2.24, 2.45) is 5.41 Å². The highest BCUT2D eigenvalue weighted by atomic mass is 16.3. The second-order valence-electron chi connectivity index (χ2n) is 5.86. The van der Waals surface area contributed by atoms with E-state index in [1.165, 1.54) is 11.1 Å². The van der Waals surface area contributed by atoms with Crippen LogP contribution in [0.1, 0.15) is 30.9 Å². The Morgan fingerprint density at radius 1 is 1.37 bits per heavy atom. The summed E-state index contributed by atoms with van der Waals surface area (Å²) in [5.41, 5.74) is 2.32. The van der Waals surface area contributed by atoms with Gasteiger partial charge in [-0.1, -0.05) is 29.8 Å². The summed E-state index contributed by atoms with van der Waals surface area (Å²) < 4.78 is 0. The number of hydrogen-bond donors (Lipinski definition) is 1. The van der Waals surface area contributed by atoms with Crippen molar-refractivity contribution < 1.29 is 9.90 Å². The van der Waals surface area contributed by atoms with Gasteiger partial charge in [0.25, 0.3) is 0 Å². The van der Waals surface area contributed by atoms with Crippen molar-refractivity contribution in [3.63, 3.8) is 0 Å². The fraction of sp³-hybridized carbons (Fsp3) is 0.562. The summed E-state index contributed by atoms with van der Waals surface area (Å²) in [4.78, 5) is 13.4. The number of aliphatic hydroxyl groups excluding tert-OH is 1. The molecule has 0 aliphatic carbocycles. The van der Waals surface area contributed by atoms with Crippen molar-refractivity contribution in [3.05, 3.63) is 35.4 Å². The first kappa shape index (κ1) is 14.1. The van der Waals surface area contributed by atoms with Crippen LogP contribution in [0.3, 0.4) is 0 Å². The van der Waals surface area contributed by atoms with Crippen LogP contribution in [-0.2, 0) is 11.2 Å². The highest BCUT2D eigenvalue weighted by Crippen LogP contribution is 2.33. The quantitative estimate of drug-likeness (QED) is 0.906. The largest absolute Gasteiger partial charge is 0.396 e. The maximum Gasteiger partial charge on any atom is 0.219 e. The molecule has 0 aromatic heterocycles. The van der Waals surface area contributed by atoms with Crippen LogP contribution in [-0.4, -0.2) is 35.6 Å². The number of nitrogens with zero attached hydrogens (tertiary/aromatic N) is 1. The summed E-state index contributed by atoms with van der Waals surface area (Å²) in [7, 11) is 0. The predicted molar refractivity (Wildman–Crippen MR) is 75.9 cm³/mol. The van der Waals surface area contributed by atoms with Crippen LogP contribution in [0.15, 0.2) is 24.3 Å². The van der Waals surface area contributed by atoms with Crippen molar-refractivity contribution in [1.29, 1.82) is 0 Å². The fourth-order valence-corrected chi connectivity index (χ4v) is 2.94. The van der Waals surface area contributed by atoms with E-state index in [0.717, 1.165) is 25.8 Å². The second-order valence-corrected chi connectivity index (χ2v) is 5.86. The zero-order chi connectivity index (χ0) is 13.9. The van der Waals surface area contributed by atoms with Crippen molar-refractivity contribution in [1.82, 2.24) is 4.90 Å². The van der Waals surface area contributed by atoms with Crippen LogP contribution in [0.5, 0.6) is 0 Å². The van der Waals surface area contributed by atoms with E-state index in [4.69, 9.17) is 0 Å². The van der Waals surface area contributed by atoms with Gasteiger partial charge in [-0.25, -0.2) is 0 Å². The number of carbonyl (C=O) groups is 1. The number of aryl methyl sites for hydroxylation is 1. The average molecular weight is 261 g/mol. The van der Waals surface area contributed by atoms with Gasteiger partial charge in [0.05, 0.1) is 6.61 Å². The van der Waals surface area contributed by atoms with Crippen LogP contribution >= 0.6 is 0 Å². The van der Waals surface area contributed by atoms with E-state index in [-0.39, 0.29) is 17.9 Å². The van der Waals surface area contributed by atoms with Crippen molar-refractivity contribution in [2.75, 3.05) is 19.7 Å². The molecule has 19 heavy (non-hydrogen) atoms. The summed E-state index contributed by atoms with van der Waals surface area (Å²) >= 11 is 0. The zero-order valence-corrected chi connectivity index (χ0v) is 11.9. The van der Waals surface area contributed by atoms with Gasteiger partial charge in [0.1, 0.15) is 0 Å². The first-order valence-corrected chi connectivity index (χ1v) is 6.97. The van der Waals surface area contributed by atoms with Crippen LogP contribution in [0.2, 0.25) is 0 Å². The number of benzene rings is 1. The summed E-state index contributed by atoms with van der Waals surface area (Å²) in [5, 5.41) is 9.82. The van der Waals surface area contributed by atoms with Crippen molar-refractivity contribution in [2.45, 2.75) is 33.1 Å². The third-order valence-corrected chi connectivity index (χ3v) is 4.14. The molecule has 1 aliphatic heterocycles. The minimum Gasteiger partial charge on any atom is -0.396 e. The van der Waals surface area contributed by atoms with E-state index < -0.39 is 0 Å². The van der Waals surface area contributed by atoms with Crippen molar-refractivity contribution >= 4 is 5.91 Å². The smallest absolute Gasteiger partial charge is 0.219 e. The summed E-state index contributed by atoms with van der Waals surface area (Å²) in [6.45, 7) is 5.32. The normalized spacial score (nSPS) is 23.4. The van der Waals surface area contributed by atoms with Gasteiger partial charge in [-0.15, -0.1) is 0 Å². The molecule has 1 aliphatic rings. The molecule has 0 bridgehead atoms. The first-order chi connectivity index (χ1) is 9.04. The minimum absolute atomic E-state index is 0.112. The van der Waals surface area contributed by atoms with Crippen molar-refractivity contribution in [3.8, 4) is 0 Å². The van der Waals surface area contributed by atoms with E-state index in [2.05, 4.69) is 31.2 Å². The number of carbonyl (C=O) groups excluding carboxylic acids is 1. The minimum atomic E-state index is -0.167. The van der Waals surface area contributed by atoms with Gasteiger partial charge in [-0.2, -0.15) is 0 Å². The SMILES string of the molecule is CC(=O)N1CCCC(CO)(Cc2ccc(C)cc2)C1. The van der Waals surface area contributed by atoms with Crippen LogP contribution in [0.4, 0.5) is 0 Å². The lowest BCUT2D eigenvalue weighted by molar-refractivity contribution is -0.133. The molecule has 1 aromatic carbocycles. The Labute approximate surface area is 115 Å². The van der Waals surface area contributed by atoms with Gasteiger partial charge in [0.2, 0.25) is 5.91 Å². The van der Waals surface area contributed by atoms with E-state index in [1.807, 2.05) is 4.90 Å². The molecule has 0 radical (unpaired) electrons. The molecular weight excluding hydrogens is 238 g/mol. The summed E-state index contributed by atoms with van der Waals surface area (Å²) in [6.07, 6.45) is 2.81.